The lowest BCUT2D eigenvalue weighted by atomic mass is 10.0. The maximum atomic E-state index is 14.1. The van der Waals surface area contributed by atoms with Crippen molar-refractivity contribution in [1.82, 2.24) is 10.2 Å². The van der Waals surface area contributed by atoms with E-state index in [1.54, 1.807) is 29.2 Å². The molecule has 0 aliphatic heterocycles. The number of benzene rings is 3. The molecule has 0 saturated heterocycles. The van der Waals surface area contributed by atoms with Gasteiger partial charge in [0, 0.05) is 29.8 Å². The van der Waals surface area contributed by atoms with Gasteiger partial charge in [-0.25, -0.2) is 4.39 Å². The van der Waals surface area contributed by atoms with Crippen LogP contribution in [0.3, 0.4) is 0 Å². The highest BCUT2D eigenvalue weighted by Crippen LogP contribution is 2.22. The standard InChI is InChI=1S/C29H32ClFN2O2S/c1-3-21(2)32-29(35)27(17-22-11-5-4-6-12-22)33(18-23-13-7-9-15-25(23)30)28(34)20-36-19-24-14-8-10-16-26(24)31/h4-16,21,27H,3,17-20H2,1-2H3,(H,32,35)/t21-,27+/m0/s1. The van der Waals surface area contributed by atoms with Gasteiger partial charge in [0.2, 0.25) is 11.8 Å². The molecule has 0 fully saturated rings. The fraction of sp³-hybridized carbons (Fsp3) is 0.310. The molecule has 0 radical (unpaired) electrons. The summed E-state index contributed by atoms with van der Waals surface area (Å²) in [4.78, 5) is 28.7. The Balaban J connectivity index is 1.87. The van der Waals surface area contributed by atoms with Crippen LogP contribution in [0.5, 0.6) is 0 Å². The number of hydrogen-bond donors (Lipinski definition) is 1. The van der Waals surface area contributed by atoms with Crippen molar-refractivity contribution in [3.8, 4) is 0 Å². The first-order valence-electron chi connectivity index (χ1n) is 12.1. The van der Waals surface area contributed by atoms with Crippen molar-refractivity contribution in [3.05, 3.63) is 106 Å². The Bertz CT molecular complexity index is 1140. The Labute approximate surface area is 222 Å². The molecule has 4 nitrogen and oxygen atoms in total. The Morgan fingerprint density at radius 3 is 2.28 bits per heavy atom. The fourth-order valence-electron chi connectivity index (χ4n) is 3.75. The van der Waals surface area contributed by atoms with Gasteiger partial charge in [-0.2, -0.15) is 0 Å². The molecule has 190 valence electrons. The summed E-state index contributed by atoms with van der Waals surface area (Å²) in [6.45, 7) is 4.15. The summed E-state index contributed by atoms with van der Waals surface area (Å²) >= 11 is 7.77. The number of amides is 2. The zero-order valence-electron chi connectivity index (χ0n) is 20.6. The predicted octanol–water partition coefficient (Wildman–Crippen LogP) is 6.27. The maximum Gasteiger partial charge on any atom is 0.243 e. The number of rotatable bonds is 12. The highest BCUT2D eigenvalue weighted by atomic mass is 35.5. The number of nitrogens with zero attached hydrogens (tertiary/aromatic N) is 1. The van der Waals surface area contributed by atoms with Crippen LogP contribution in [0.4, 0.5) is 4.39 Å². The summed E-state index contributed by atoms with van der Waals surface area (Å²) in [6.07, 6.45) is 1.15. The van der Waals surface area contributed by atoms with Gasteiger partial charge in [0.25, 0.3) is 0 Å². The lowest BCUT2D eigenvalue weighted by Gasteiger charge is -2.32. The number of hydrogen-bond acceptors (Lipinski definition) is 3. The van der Waals surface area contributed by atoms with E-state index in [1.165, 1.54) is 17.8 Å². The summed E-state index contributed by atoms with van der Waals surface area (Å²) < 4.78 is 14.1. The van der Waals surface area contributed by atoms with Crippen LogP contribution < -0.4 is 5.32 Å². The smallest absolute Gasteiger partial charge is 0.243 e. The molecule has 0 heterocycles. The average molecular weight is 527 g/mol. The molecule has 3 aromatic rings. The van der Waals surface area contributed by atoms with E-state index >= 15 is 0 Å². The zero-order valence-corrected chi connectivity index (χ0v) is 22.2. The molecule has 3 aromatic carbocycles. The van der Waals surface area contributed by atoms with Gasteiger partial charge in [0.1, 0.15) is 11.9 Å². The number of halogens is 2. The molecular weight excluding hydrogens is 495 g/mol. The zero-order chi connectivity index (χ0) is 25.9. The Kier molecular flexibility index (Phi) is 10.8. The van der Waals surface area contributed by atoms with Crippen molar-refractivity contribution >= 4 is 35.2 Å². The third-order valence-electron chi connectivity index (χ3n) is 6.01. The van der Waals surface area contributed by atoms with Gasteiger partial charge in [0.05, 0.1) is 5.75 Å². The molecule has 0 unspecified atom stereocenters. The first kappa shape index (κ1) is 27.8. The largest absolute Gasteiger partial charge is 0.352 e. The second-order valence-electron chi connectivity index (χ2n) is 8.72. The Hall–Kier alpha value is -2.83. The van der Waals surface area contributed by atoms with Crippen LogP contribution in [0, 0.1) is 5.82 Å². The summed E-state index contributed by atoms with van der Waals surface area (Å²) in [5, 5.41) is 3.59. The van der Waals surface area contributed by atoms with Crippen LogP contribution in [0.15, 0.2) is 78.9 Å². The molecule has 0 aromatic heterocycles. The number of thioether (sulfide) groups is 1. The Morgan fingerprint density at radius 1 is 0.972 bits per heavy atom. The minimum absolute atomic E-state index is 0.0246. The lowest BCUT2D eigenvalue weighted by Crippen LogP contribution is -2.52. The highest BCUT2D eigenvalue weighted by molar-refractivity contribution is 7.99. The third-order valence-corrected chi connectivity index (χ3v) is 7.35. The SMILES string of the molecule is CC[C@H](C)NC(=O)[C@@H](Cc1ccccc1)N(Cc1ccccc1Cl)C(=O)CSCc1ccccc1F. The highest BCUT2D eigenvalue weighted by Gasteiger charge is 2.31. The summed E-state index contributed by atoms with van der Waals surface area (Å²) in [7, 11) is 0. The molecule has 0 aliphatic carbocycles. The van der Waals surface area contributed by atoms with Gasteiger partial charge in [-0.15, -0.1) is 11.8 Å². The van der Waals surface area contributed by atoms with Gasteiger partial charge in [-0.1, -0.05) is 85.3 Å². The van der Waals surface area contributed by atoms with Crippen molar-refractivity contribution in [3.63, 3.8) is 0 Å². The van der Waals surface area contributed by atoms with Crippen LogP contribution in [0.2, 0.25) is 5.02 Å². The molecule has 0 aliphatic rings. The van der Waals surface area contributed by atoms with Crippen LogP contribution in [0.25, 0.3) is 0 Å². The average Bonchev–Trinajstić information content (AvgIpc) is 2.88. The second-order valence-corrected chi connectivity index (χ2v) is 10.1. The lowest BCUT2D eigenvalue weighted by molar-refractivity contribution is -0.139. The van der Waals surface area contributed by atoms with E-state index in [4.69, 9.17) is 11.6 Å². The van der Waals surface area contributed by atoms with Crippen LogP contribution >= 0.6 is 23.4 Å². The van der Waals surface area contributed by atoms with Crippen molar-refractivity contribution in [2.45, 2.75) is 51.1 Å². The van der Waals surface area contributed by atoms with Gasteiger partial charge in [-0.3, -0.25) is 9.59 Å². The summed E-state index contributed by atoms with van der Waals surface area (Å²) in [5.74, 6) is -0.217. The minimum atomic E-state index is -0.723. The number of carbonyl (C=O) groups excluding carboxylic acids is 2. The molecule has 2 amide bonds. The van der Waals surface area contributed by atoms with E-state index in [-0.39, 0.29) is 36.0 Å². The van der Waals surface area contributed by atoms with Gasteiger partial charge in [0.15, 0.2) is 0 Å². The van der Waals surface area contributed by atoms with Gasteiger partial charge < -0.3 is 10.2 Å². The first-order chi connectivity index (χ1) is 17.4. The molecule has 2 atom stereocenters. The fourth-order valence-corrected chi connectivity index (χ4v) is 4.84. The molecule has 0 saturated carbocycles. The topological polar surface area (TPSA) is 49.4 Å². The molecule has 0 spiro atoms. The predicted molar refractivity (Wildman–Crippen MR) is 146 cm³/mol. The van der Waals surface area contributed by atoms with Gasteiger partial charge in [-0.05, 0) is 42.2 Å². The molecule has 3 rings (SSSR count). The van der Waals surface area contributed by atoms with Gasteiger partial charge >= 0.3 is 0 Å². The molecule has 1 N–H and O–H groups in total. The van der Waals surface area contributed by atoms with Crippen LogP contribution in [0.1, 0.15) is 37.0 Å². The van der Waals surface area contributed by atoms with Crippen LogP contribution in [-0.4, -0.2) is 34.6 Å². The van der Waals surface area contributed by atoms with Crippen molar-refractivity contribution in [1.29, 1.82) is 0 Å². The molecule has 36 heavy (non-hydrogen) atoms. The Morgan fingerprint density at radius 2 is 1.61 bits per heavy atom. The number of nitrogens with one attached hydrogen (secondary N) is 1. The monoisotopic (exact) mass is 526 g/mol. The first-order valence-corrected chi connectivity index (χ1v) is 13.6. The normalized spacial score (nSPS) is 12.6. The molecule has 7 heteroatoms. The van der Waals surface area contributed by atoms with E-state index in [0.717, 1.165) is 17.5 Å². The summed E-state index contributed by atoms with van der Waals surface area (Å²) in [6, 6.07) is 22.8. The van der Waals surface area contributed by atoms with Crippen molar-refractivity contribution in [2.24, 2.45) is 0 Å². The molecular formula is C29H32ClFN2O2S. The summed E-state index contributed by atoms with van der Waals surface area (Å²) in [5.41, 5.74) is 2.27. The maximum absolute atomic E-state index is 14.1. The van der Waals surface area contributed by atoms with Crippen LogP contribution in [-0.2, 0) is 28.3 Å². The third kappa shape index (κ3) is 8.10. The minimum Gasteiger partial charge on any atom is -0.352 e. The van der Waals surface area contributed by atoms with E-state index < -0.39 is 6.04 Å². The van der Waals surface area contributed by atoms with E-state index in [2.05, 4.69) is 5.32 Å². The van der Waals surface area contributed by atoms with Crippen molar-refractivity contribution < 1.29 is 14.0 Å². The quantitative estimate of drug-likeness (QED) is 0.303. The van der Waals surface area contributed by atoms with E-state index in [9.17, 15) is 14.0 Å². The van der Waals surface area contributed by atoms with E-state index in [0.29, 0.717) is 22.8 Å². The van der Waals surface area contributed by atoms with Crippen molar-refractivity contribution in [2.75, 3.05) is 5.75 Å². The second kappa shape index (κ2) is 14.0. The van der Waals surface area contributed by atoms with E-state index in [1.807, 2.05) is 62.4 Å². The number of carbonyl (C=O) groups is 2. The molecule has 0 bridgehead atoms.